The standard InChI is InChI=1S/C18H26N2O2/c1-13-8-9-14(19)11-17(13)18(21)20(15-5-2-3-6-15)12-16-7-4-10-22-16/h8-9,11,15-16H,2-7,10,12,19H2,1H3. The van der Waals surface area contributed by atoms with Crippen molar-refractivity contribution in [2.24, 2.45) is 0 Å². The molecule has 1 saturated heterocycles. The van der Waals surface area contributed by atoms with E-state index in [4.69, 9.17) is 10.5 Å². The number of aryl methyl sites for hydroxylation is 1. The molecule has 3 rings (SSSR count). The van der Waals surface area contributed by atoms with Crippen molar-refractivity contribution in [3.05, 3.63) is 29.3 Å². The number of ether oxygens (including phenoxy) is 1. The second-order valence-electron chi connectivity index (χ2n) is 6.61. The Morgan fingerprint density at radius 1 is 1.27 bits per heavy atom. The maximum absolute atomic E-state index is 13.1. The summed E-state index contributed by atoms with van der Waals surface area (Å²) >= 11 is 0. The molecule has 1 atom stereocenters. The molecule has 0 spiro atoms. The number of hydrogen-bond donors (Lipinski definition) is 1. The van der Waals surface area contributed by atoms with Crippen molar-refractivity contribution in [3.63, 3.8) is 0 Å². The molecule has 1 unspecified atom stereocenters. The number of amides is 1. The molecule has 1 aromatic rings. The van der Waals surface area contributed by atoms with Crippen LogP contribution in [-0.4, -0.2) is 36.1 Å². The molecule has 0 aromatic heterocycles. The average molecular weight is 302 g/mol. The van der Waals surface area contributed by atoms with E-state index >= 15 is 0 Å². The van der Waals surface area contributed by atoms with Gasteiger partial charge in [-0.25, -0.2) is 0 Å². The zero-order chi connectivity index (χ0) is 15.5. The van der Waals surface area contributed by atoms with E-state index in [1.165, 1.54) is 12.8 Å². The van der Waals surface area contributed by atoms with Crippen LogP contribution < -0.4 is 5.73 Å². The van der Waals surface area contributed by atoms with Gasteiger partial charge in [-0.2, -0.15) is 0 Å². The second kappa shape index (κ2) is 6.69. The van der Waals surface area contributed by atoms with E-state index in [-0.39, 0.29) is 12.0 Å². The Hall–Kier alpha value is -1.55. The number of rotatable bonds is 4. The number of nitrogens with two attached hydrogens (primary N) is 1. The van der Waals surface area contributed by atoms with Crippen molar-refractivity contribution < 1.29 is 9.53 Å². The lowest BCUT2D eigenvalue weighted by Crippen LogP contribution is -2.43. The smallest absolute Gasteiger partial charge is 0.254 e. The van der Waals surface area contributed by atoms with Crippen LogP contribution in [0.1, 0.15) is 54.4 Å². The summed E-state index contributed by atoms with van der Waals surface area (Å²) < 4.78 is 5.76. The summed E-state index contributed by atoms with van der Waals surface area (Å²) in [5.41, 5.74) is 8.27. The first kappa shape index (κ1) is 15.3. The van der Waals surface area contributed by atoms with Gasteiger partial charge in [0.2, 0.25) is 0 Å². The summed E-state index contributed by atoms with van der Waals surface area (Å²) in [4.78, 5) is 15.2. The third-order valence-electron chi connectivity index (χ3n) is 4.94. The Kier molecular flexibility index (Phi) is 4.67. The number of anilines is 1. The molecule has 0 radical (unpaired) electrons. The van der Waals surface area contributed by atoms with Crippen molar-refractivity contribution in [1.82, 2.24) is 4.90 Å². The highest BCUT2D eigenvalue weighted by Gasteiger charge is 2.31. The molecular weight excluding hydrogens is 276 g/mol. The number of nitrogens with zero attached hydrogens (tertiary/aromatic N) is 1. The minimum Gasteiger partial charge on any atom is -0.399 e. The van der Waals surface area contributed by atoms with Crippen LogP contribution in [0.3, 0.4) is 0 Å². The van der Waals surface area contributed by atoms with Gasteiger partial charge in [-0.1, -0.05) is 18.9 Å². The lowest BCUT2D eigenvalue weighted by atomic mass is 10.0. The quantitative estimate of drug-likeness (QED) is 0.869. The fourth-order valence-corrected chi connectivity index (χ4v) is 3.65. The predicted octanol–water partition coefficient (Wildman–Crippen LogP) is 3.14. The largest absolute Gasteiger partial charge is 0.399 e. The van der Waals surface area contributed by atoms with Crippen molar-refractivity contribution in [3.8, 4) is 0 Å². The van der Waals surface area contributed by atoms with E-state index < -0.39 is 0 Å². The van der Waals surface area contributed by atoms with Gasteiger partial charge in [0.25, 0.3) is 5.91 Å². The van der Waals surface area contributed by atoms with E-state index in [0.29, 0.717) is 11.7 Å². The van der Waals surface area contributed by atoms with Crippen molar-refractivity contribution in [1.29, 1.82) is 0 Å². The first-order valence-electron chi connectivity index (χ1n) is 8.44. The fraction of sp³-hybridized carbons (Fsp3) is 0.611. The number of nitrogen functional groups attached to an aromatic ring is 1. The average Bonchev–Trinajstić information content (AvgIpc) is 3.19. The SMILES string of the molecule is Cc1ccc(N)cc1C(=O)N(CC1CCCO1)C1CCCC1. The maximum atomic E-state index is 13.1. The van der Waals surface area contributed by atoms with Crippen molar-refractivity contribution in [2.45, 2.75) is 57.6 Å². The molecule has 4 nitrogen and oxygen atoms in total. The minimum atomic E-state index is 0.118. The van der Waals surface area contributed by atoms with Crippen LogP contribution in [0.4, 0.5) is 5.69 Å². The Morgan fingerprint density at radius 3 is 2.73 bits per heavy atom. The number of hydrogen-bond acceptors (Lipinski definition) is 3. The molecule has 2 N–H and O–H groups in total. The summed E-state index contributed by atoms with van der Waals surface area (Å²) in [6.45, 7) is 3.53. The third kappa shape index (κ3) is 3.27. The van der Waals surface area contributed by atoms with E-state index in [2.05, 4.69) is 4.90 Å². The molecule has 1 aliphatic heterocycles. The number of carbonyl (C=O) groups excluding carboxylic acids is 1. The van der Waals surface area contributed by atoms with Crippen molar-refractivity contribution >= 4 is 11.6 Å². The first-order chi connectivity index (χ1) is 10.6. The van der Waals surface area contributed by atoms with Gasteiger partial charge in [0.05, 0.1) is 6.10 Å². The van der Waals surface area contributed by atoms with Gasteiger partial charge in [-0.15, -0.1) is 0 Å². The van der Waals surface area contributed by atoms with Crippen molar-refractivity contribution in [2.75, 3.05) is 18.9 Å². The monoisotopic (exact) mass is 302 g/mol. The number of carbonyl (C=O) groups is 1. The highest BCUT2D eigenvalue weighted by atomic mass is 16.5. The molecule has 22 heavy (non-hydrogen) atoms. The van der Waals surface area contributed by atoms with E-state index in [1.807, 2.05) is 25.1 Å². The highest BCUT2D eigenvalue weighted by Crippen LogP contribution is 2.28. The molecule has 1 saturated carbocycles. The van der Waals surface area contributed by atoms with E-state index in [9.17, 15) is 4.79 Å². The zero-order valence-electron chi connectivity index (χ0n) is 13.4. The maximum Gasteiger partial charge on any atom is 0.254 e. The third-order valence-corrected chi connectivity index (χ3v) is 4.94. The zero-order valence-corrected chi connectivity index (χ0v) is 13.4. The van der Waals surface area contributed by atoms with E-state index in [0.717, 1.165) is 50.0 Å². The van der Waals surface area contributed by atoms with Gasteiger partial charge in [0, 0.05) is 30.4 Å². The second-order valence-corrected chi connectivity index (χ2v) is 6.61. The van der Waals surface area contributed by atoms with E-state index in [1.54, 1.807) is 0 Å². The summed E-state index contributed by atoms with van der Waals surface area (Å²) in [7, 11) is 0. The molecule has 2 fully saturated rings. The topological polar surface area (TPSA) is 55.6 Å². The minimum absolute atomic E-state index is 0.118. The van der Waals surface area contributed by atoms with Crippen LogP contribution in [-0.2, 0) is 4.74 Å². The van der Waals surface area contributed by atoms with Crippen LogP contribution in [0.15, 0.2) is 18.2 Å². The molecule has 1 amide bonds. The molecular formula is C18H26N2O2. The molecule has 2 aliphatic rings. The van der Waals surface area contributed by atoms with Gasteiger partial charge >= 0.3 is 0 Å². The van der Waals surface area contributed by atoms with Gasteiger partial charge in [0.1, 0.15) is 0 Å². The molecule has 1 aliphatic carbocycles. The highest BCUT2D eigenvalue weighted by molar-refractivity contribution is 5.96. The molecule has 1 heterocycles. The lowest BCUT2D eigenvalue weighted by Gasteiger charge is -2.31. The Balaban J connectivity index is 1.83. The number of benzene rings is 1. The van der Waals surface area contributed by atoms with Crippen LogP contribution >= 0.6 is 0 Å². The van der Waals surface area contributed by atoms with Crippen LogP contribution in [0.25, 0.3) is 0 Å². The lowest BCUT2D eigenvalue weighted by molar-refractivity contribution is 0.0420. The van der Waals surface area contributed by atoms with Gasteiger partial charge in [0.15, 0.2) is 0 Å². The fourth-order valence-electron chi connectivity index (χ4n) is 3.65. The van der Waals surface area contributed by atoms with Crippen LogP contribution in [0.5, 0.6) is 0 Å². The summed E-state index contributed by atoms with van der Waals surface area (Å²) in [5, 5.41) is 0. The first-order valence-corrected chi connectivity index (χ1v) is 8.44. The summed E-state index contributed by atoms with van der Waals surface area (Å²) in [5.74, 6) is 0.118. The molecule has 120 valence electrons. The Bertz CT molecular complexity index is 532. The summed E-state index contributed by atoms with van der Waals surface area (Å²) in [6.07, 6.45) is 7.03. The predicted molar refractivity (Wildman–Crippen MR) is 87.9 cm³/mol. The van der Waals surface area contributed by atoms with Gasteiger partial charge < -0.3 is 15.4 Å². The van der Waals surface area contributed by atoms with Crippen LogP contribution in [0.2, 0.25) is 0 Å². The summed E-state index contributed by atoms with van der Waals surface area (Å²) in [6, 6.07) is 5.96. The van der Waals surface area contributed by atoms with Gasteiger partial charge in [-0.3, -0.25) is 4.79 Å². The van der Waals surface area contributed by atoms with Crippen LogP contribution in [0, 0.1) is 6.92 Å². The van der Waals surface area contributed by atoms with Gasteiger partial charge in [-0.05, 0) is 50.3 Å². The normalized spacial score (nSPS) is 22.1. The molecule has 1 aromatic carbocycles. The Labute approximate surface area is 132 Å². The Morgan fingerprint density at radius 2 is 2.05 bits per heavy atom. The molecule has 4 heteroatoms. The molecule has 0 bridgehead atoms.